The first-order valence-electron chi connectivity index (χ1n) is 10.5. The Morgan fingerprint density at radius 1 is 1.15 bits per heavy atom. The zero-order valence-corrected chi connectivity index (χ0v) is 19.4. The molecule has 0 aliphatic heterocycles. The monoisotopic (exact) mass is 462 g/mol. The molecule has 8 nitrogen and oxygen atoms in total. The van der Waals surface area contributed by atoms with Crippen LogP contribution in [0.1, 0.15) is 19.0 Å². The largest absolute Gasteiger partial charge is 0.389 e. The highest BCUT2D eigenvalue weighted by Gasteiger charge is 2.24. The molecule has 170 valence electrons. The van der Waals surface area contributed by atoms with Gasteiger partial charge in [-0.1, -0.05) is 43.0 Å². The van der Waals surface area contributed by atoms with Crippen LogP contribution in [-0.4, -0.2) is 40.3 Å². The molecule has 0 radical (unpaired) electrons. The molecule has 3 N–H and O–H groups in total. The Morgan fingerprint density at radius 2 is 1.91 bits per heavy atom. The lowest BCUT2D eigenvalue weighted by Gasteiger charge is -2.15. The Hall–Kier alpha value is -3.72. The molecule has 4 aromatic rings. The zero-order chi connectivity index (χ0) is 23.6. The summed E-state index contributed by atoms with van der Waals surface area (Å²) in [6.07, 6.45) is 7.24. The maximum absolute atomic E-state index is 12.5. The van der Waals surface area contributed by atoms with Gasteiger partial charge < -0.3 is 11.1 Å². The smallest absolute Gasteiger partial charge is 0.180 e. The van der Waals surface area contributed by atoms with Gasteiger partial charge in [0.25, 0.3) is 0 Å². The number of nitrogens with two attached hydrogens (primary N) is 1. The molecular formula is C24H26N6O2S. The quantitative estimate of drug-likeness (QED) is 0.412. The van der Waals surface area contributed by atoms with E-state index in [9.17, 15) is 8.42 Å². The Kier molecular flexibility index (Phi) is 6.15. The van der Waals surface area contributed by atoms with Crippen molar-refractivity contribution < 1.29 is 8.42 Å². The fourth-order valence-electron chi connectivity index (χ4n) is 3.80. The van der Waals surface area contributed by atoms with E-state index in [4.69, 9.17) is 10.7 Å². The molecule has 1 unspecified atom stereocenters. The molecule has 1 aromatic carbocycles. The number of pyridine rings is 1. The van der Waals surface area contributed by atoms with E-state index in [1.165, 1.54) is 4.52 Å². The van der Waals surface area contributed by atoms with Gasteiger partial charge in [-0.25, -0.2) is 13.4 Å². The van der Waals surface area contributed by atoms with E-state index in [0.29, 0.717) is 24.2 Å². The number of aryl methyl sites for hydroxylation is 1. The highest BCUT2D eigenvalue weighted by Crippen LogP contribution is 2.30. The summed E-state index contributed by atoms with van der Waals surface area (Å²) in [4.78, 5) is 9.32. The third-order valence-corrected chi connectivity index (χ3v) is 6.63. The van der Waals surface area contributed by atoms with Gasteiger partial charge in [0.1, 0.15) is 10.7 Å². The van der Waals surface area contributed by atoms with Gasteiger partial charge in [-0.15, -0.1) is 0 Å². The van der Waals surface area contributed by atoms with Crippen molar-refractivity contribution >= 4 is 21.3 Å². The molecule has 0 spiro atoms. The molecule has 0 saturated heterocycles. The predicted octanol–water partition coefficient (Wildman–Crippen LogP) is 3.50. The minimum Gasteiger partial charge on any atom is -0.389 e. The van der Waals surface area contributed by atoms with Crippen LogP contribution in [0.25, 0.3) is 28.0 Å². The van der Waals surface area contributed by atoms with Gasteiger partial charge >= 0.3 is 0 Å². The molecule has 9 heteroatoms. The van der Waals surface area contributed by atoms with Gasteiger partial charge in [-0.05, 0) is 32.0 Å². The standard InChI is InChI=1S/C24H26N6O2S/c1-4-26-16(2)10-12-21-22(33(3,31)32)23(25)30-24(29-21)19(15-28-30)18-11-13-20(27-14-18)17-8-6-5-7-9-17/h4-9,11,13-16,26H,1,10,12,25H2,2-3H3. The van der Waals surface area contributed by atoms with E-state index < -0.39 is 9.84 Å². The summed E-state index contributed by atoms with van der Waals surface area (Å²) in [6.45, 7) is 5.66. The van der Waals surface area contributed by atoms with Crippen molar-refractivity contribution in [3.8, 4) is 22.4 Å². The van der Waals surface area contributed by atoms with E-state index in [0.717, 1.165) is 28.6 Å². The van der Waals surface area contributed by atoms with Gasteiger partial charge in [0.05, 0.1) is 17.6 Å². The lowest BCUT2D eigenvalue weighted by atomic mass is 10.1. The fourth-order valence-corrected chi connectivity index (χ4v) is 4.84. The molecule has 0 aliphatic rings. The van der Waals surface area contributed by atoms with Crippen LogP contribution in [0.4, 0.5) is 5.82 Å². The minimum atomic E-state index is -3.61. The molecule has 4 rings (SSSR count). The highest BCUT2D eigenvalue weighted by molar-refractivity contribution is 7.91. The van der Waals surface area contributed by atoms with Gasteiger partial charge in [-0.2, -0.15) is 9.61 Å². The van der Waals surface area contributed by atoms with Crippen molar-refractivity contribution in [2.24, 2.45) is 0 Å². The van der Waals surface area contributed by atoms with Crippen molar-refractivity contribution in [3.05, 3.63) is 73.3 Å². The first-order chi connectivity index (χ1) is 15.8. The van der Waals surface area contributed by atoms with Crippen molar-refractivity contribution in [2.75, 3.05) is 12.0 Å². The van der Waals surface area contributed by atoms with Crippen molar-refractivity contribution in [1.29, 1.82) is 0 Å². The van der Waals surface area contributed by atoms with Gasteiger partial charge in [-0.3, -0.25) is 4.98 Å². The number of rotatable bonds is 8. The average Bonchev–Trinajstić information content (AvgIpc) is 3.22. The Balaban J connectivity index is 1.78. The van der Waals surface area contributed by atoms with Crippen LogP contribution in [-0.2, 0) is 16.3 Å². The van der Waals surface area contributed by atoms with Gasteiger partial charge in [0.15, 0.2) is 15.5 Å². The molecular weight excluding hydrogens is 436 g/mol. The number of nitrogen functional groups attached to an aromatic ring is 1. The van der Waals surface area contributed by atoms with E-state index >= 15 is 0 Å². The normalized spacial score (nSPS) is 12.5. The molecule has 1 atom stereocenters. The topological polar surface area (TPSA) is 115 Å². The van der Waals surface area contributed by atoms with Gasteiger partial charge in [0, 0.05) is 35.2 Å². The second kappa shape index (κ2) is 9.03. The van der Waals surface area contributed by atoms with Crippen LogP contribution >= 0.6 is 0 Å². The van der Waals surface area contributed by atoms with E-state index in [1.807, 2.05) is 49.4 Å². The number of hydrogen-bond donors (Lipinski definition) is 2. The number of anilines is 1. The third kappa shape index (κ3) is 4.58. The van der Waals surface area contributed by atoms with Crippen molar-refractivity contribution in [1.82, 2.24) is 24.9 Å². The molecule has 0 bridgehead atoms. The number of aromatic nitrogens is 4. The van der Waals surface area contributed by atoms with E-state index in [2.05, 4.69) is 22.0 Å². The summed E-state index contributed by atoms with van der Waals surface area (Å²) < 4.78 is 26.5. The number of hydrogen-bond acceptors (Lipinski definition) is 7. The Bertz CT molecular complexity index is 1400. The molecule has 33 heavy (non-hydrogen) atoms. The SMILES string of the molecule is C=CNC(C)CCc1nc2c(-c3ccc(-c4ccccc4)nc3)cnn2c(N)c1S(C)(=O)=O. The summed E-state index contributed by atoms with van der Waals surface area (Å²) in [5.41, 5.74) is 10.6. The predicted molar refractivity (Wildman–Crippen MR) is 130 cm³/mol. The number of sulfone groups is 1. The van der Waals surface area contributed by atoms with Crippen LogP contribution in [0.2, 0.25) is 0 Å². The Morgan fingerprint density at radius 3 is 2.55 bits per heavy atom. The minimum absolute atomic E-state index is 0.0213. The number of fused-ring (bicyclic) bond motifs is 1. The second-order valence-electron chi connectivity index (χ2n) is 7.95. The first-order valence-corrected chi connectivity index (χ1v) is 12.4. The lowest BCUT2D eigenvalue weighted by molar-refractivity contribution is 0.573. The summed E-state index contributed by atoms with van der Waals surface area (Å²) in [7, 11) is -3.61. The summed E-state index contributed by atoms with van der Waals surface area (Å²) in [5.74, 6) is 0.0574. The maximum Gasteiger partial charge on any atom is 0.180 e. The summed E-state index contributed by atoms with van der Waals surface area (Å²) in [6, 6.07) is 13.9. The molecule has 3 aromatic heterocycles. The van der Waals surface area contributed by atoms with Crippen molar-refractivity contribution in [2.45, 2.75) is 30.7 Å². The number of benzene rings is 1. The first kappa shape index (κ1) is 22.5. The highest BCUT2D eigenvalue weighted by atomic mass is 32.2. The van der Waals surface area contributed by atoms with E-state index in [1.54, 1.807) is 18.6 Å². The van der Waals surface area contributed by atoms with Crippen LogP contribution in [0, 0.1) is 0 Å². The zero-order valence-electron chi connectivity index (χ0n) is 18.6. The number of nitrogens with one attached hydrogen (secondary N) is 1. The molecule has 3 heterocycles. The third-order valence-electron chi connectivity index (χ3n) is 5.44. The molecule has 0 amide bonds. The molecule has 0 aliphatic carbocycles. The van der Waals surface area contributed by atoms with Crippen LogP contribution in [0.15, 0.2) is 72.5 Å². The van der Waals surface area contributed by atoms with Gasteiger partial charge in [0.2, 0.25) is 0 Å². The van der Waals surface area contributed by atoms with Crippen LogP contribution in [0.5, 0.6) is 0 Å². The van der Waals surface area contributed by atoms with Crippen LogP contribution < -0.4 is 11.1 Å². The summed E-state index contributed by atoms with van der Waals surface area (Å²) >= 11 is 0. The average molecular weight is 463 g/mol. The maximum atomic E-state index is 12.5. The van der Waals surface area contributed by atoms with E-state index in [-0.39, 0.29) is 16.8 Å². The fraction of sp³-hybridized carbons (Fsp3) is 0.208. The lowest BCUT2D eigenvalue weighted by Crippen LogP contribution is -2.22. The number of nitrogens with zero attached hydrogens (tertiary/aromatic N) is 4. The molecule has 0 fully saturated rings. The summed E-state index contributed by atoms with van der Waals surface area (Å²) in [5, 5.41) is 7.43. The molecule has 0 saturated carbocycles. The van der Waals surface area contributed by atoms with Crippen molar-refractivity contribution in [3.63, 3.8) is 0 Å². The van der Waals surface area contributed by atoms with Crippen LogP contribution in [0.3, 0.4) is 0 Å². The second-order valence-corrected chi connectivity index (χ2v) is 9.90. The Labute approximate surface area is 193 Å².